The molecule has 0 amide bonds. The van der Waals surface area contributed by atoms with Gasteiger partial charge in [-0.1, -0.05) is 6.07 Å². The third kappa shape index (κ3) is 2.20. The summed E-state index contributed by atoms with van der Waals surface area (Å²) in [5.74, 6) is -9.02. The SMILES string of the molecule is Fc1c(F)c(C(F)(F)F)c(F)c(F)c1-c1cccs1. The lowest BCUT2D eigenvalue weighted by Crippen LogP contribution is -2.15. The molecule has 0 aliphatic carbocycles. The summed E-state index contributed by atoms with van der Waals surface area (Å²) in [6, 6.07) is 2.48. The van der Waals surface area contributed by atoms with Crippen molar-refractivity contribution in [1.29, 1.82) is 0 Å². The molecule has 19 heavy (non-hydrogen) atoms. The fourth-order valence-electron chi connectivity index (χ4n) is 1.52. The lowest BCUT2D eigenvalue weighted by molar-refractivity contribution is -0.143. The highest BCUT2D eigenvalue weighted by Crippen LogP contribution is 2.40. The van der Waals surface area contributed by atoms with Crippen LogP contribution in [0.2, 0.25) is 0 Å². The molecule has 0 spiro atoms. The van der Waals surface area contributed by atoms with Gasteiger partial charge in [-0.3, -0.25) is 0 Å². The maximum absolute atomic E-state index is 13.5. The first-order valence-electron chi connectivity index (χ1n) is 4.72. The van der Waals surface area contributed by atoms with Crippen molar-refractivity contribution in [2.45, 2.75) is 6.18 Å². The summed E-state index contributed by atoms with van der Waals surface area (Å²) in [5.41, 5.74) is -3.71. The molecule has 2 aromatic rings. The van der Waals surface area contributed by atoms with E-state index in [0.717, 1.165) is 17.4 Å². The largest absolute Gasteiger partial charge is 0.422 e. The molecule has 0 unspecified atom stereocenters. The van der Waals surface area contributed by atoms with Crippen molar-refractivity contribution in [2.75, 3.05) is 0 Å². The van der Waals surface area contributed by atoms with Gasteiger partial charge in [-0.15, -0.1) is 11.3 Å². The predicted octanol–water partition coefficient (Wildman–Crippen LogP) is 4.99. The number of hydrogen-bond acceptors (Lipinski definition) is 1. The average molecular weight is 300 g/mol. The highest BCUT2D eigenvalue weighted by molar-refractivity contribution is 7.13. The van der Waals surface area contributed by atoms with Crippen molar-refractivity contribution < 1.29 is 30.7 Å². The third-order valence-corrected chi connectivity index (χ3v) is 3.20. The van der Waals surface area contributed by atoms with Crippen molar-refractivity contribution in [1.82, 2.24) is 0 Å². The van der Waals surface area contributed by atoms with E-state index in [1.165, 1.54) is 11.4 Å². The fourth-order valence-corrected chi connectivity index (χ4v) is 2.28. The minimum Gasteiger partial charge on any atom is -0.203 e. The summed E-state index contributed by atoms with van der Waals surface area (Å²) in [7, 11) is 0. The molecular formula is C11H3F7S. The average Bonchev–Trinajstić information content (AvgIpc) is 2.79. The first-order valence-corrected chi connectivity index (χ1v) is 5.60. The predicted molar refractivity (Wildman–Crippen MR) is 54.6 cm³/mol. The first kappa shape index (κ1) is 13.9. The molecule has 0 saturated carbocycles. The fraction of sp³-hybridized carbons (Fsp3) is 0.0909. The molecule has 0 saturated heterocycles. The standard InChI is InChI=1S/C11H3F7S/c12-7-5(4-2-1-3-19-4)8(13)10(15)6(9(7)14)11(16,17)18/h1-3H. The number of rotatable bonds is 1. The molecule has 1 aromatic carbocycles. The van der Waals surface area contributed by atoms with E-state index < -0.39 is 40.6 Å². The minimum absolute atomic E-state index is 0.207. The number of benzene rings is 1. The van der Waals surface area contributed by atoms with Gasteiger partial charge in [0.05, 0.1) is 5.56 Å². The van der Waals surface area contributed by atoms with Crippen LogP contribution in [0.25, 0.3) is 10.4 Å². The second kappa shape index (κ2) is 4.52. The van der Waals surface area contributed by atoms with Crippen LogP contribution in [0.4, 0.5) is 30.7 Å². The van der Waals surface area contributed by atoms with E-state index in [1.807, 2.05) is 0 Å². The van der Waals surface area contributed by atoms with Gasteiger partial charge in [-0.05, 0) is 11.4 Å². The number of alkyl halides is 3. The Morgan fingerprint density at radius 2 is 1.37 bits per heavy atom. The van der Waals surface area contributed by atoms with Gasteiger partial charge >= 0.3 is 6.18 Å². The van der Waals surface area contributed by atoms with Gasteiger partial charge in [0.25, 0.3) is 0 Å². The van der Waals surface area contributed by atoms with Crippen LogP contribution in [0.3, 0.4) is 0 Å². The van der Waals surface area contributed by atoms with Crippen LogP contribution in [0, 0.1) is 23.3 Å². The molecule has 0 bridgehead atoms. The van der Waals surface area contributed by atoms with Gasteiger partial charge < -0.3 is 0 Å². The van der Waals surface area contributed by atoms with Crippen LogP contribution in [0.15, 0.2) is 17.5 Å². The Kier molecular flexibility index (Phi) is 3.29. The summed E-state index contributed by atoms with van der Waals surface area (Å²) in [6.45, 7) is 0. The van der Waals surface area contributed by atoms with Gasteiger partial charge in [0.15, 0.2) is 23.3 Å². The van der Waals surface area contributed by atoms with Crippen LogP contribution in [0.5, 0.6) is 0 Å². The van der Waals surface area contributed by atoms with Crippen LogP contribution < -0.4 is 0 Å². The third-order valence-electron chi connectivity index (χ3n) is 2.31. The zero-order chi connectivity index (χ0) is 14.4. The molecule has 0 aliphatic rings. The second-order valence-corrected chi connectivity index (χ2v) is 4.43. The van der Waals surface area contributed by atoms with Crippen molar-refractivity contribution in [3.8, 4) is 10.4 Å². The van der Waals surface area contributed by atoms with Gasteiger partial charge in [-0.25, -0.2) is 17.6 Å². The summed E-state index contributed by atoms with van der Waals surface area (Å²) in [4.78, 5) is -0.207. The van der Waals surface area contributed by atoms with E-state index >= 15 is 0 Å². The van der Waals surface area contributed by atoms with Gasteiger partial charge in [-0.2, -0.15) is 13.2 Å². The molecule has 0 nitrogen and oxygen atoms in total. The minimum atomic E-state index is -5.52. The van der Waals surface area contributed by atoms with Crippen LogP contribution >= 0.6 is 11.3 Å². The Labute approximate surface area is 106 Å². The molecule has 8 heteroatoms. The number of thiophene rings is 1. The highest BCUT2D eigenvalue weighted by Gasteiger charge is 2.42. The van der Waals surface area contributed by atoms with Crippen LogP contribution in [-0.2, 0) is 6.18 Å². The topological polar surface area (TPSA) is 0 Å². The maximum atomic E-state index is 13.5. The number of halogens is 7. The van der Waals surface area contributed by atoms with Gasteiger partial charge in [0, 0.05) is 4.88 Å². The Bertz CT molecular complexity index is 584. The molecular weight excluding hydrogens is 297 g/mol. The normalized spacial score (nSPS) is 11.9. The molecule has 1 heterocycles. The number of hydrogen-bond donors (Lipinski definition) is 0. The quantitative estimate of drug-likeness (QED) is 0.514. The first-order chi connectivity index (χ1) is 8.75. The lowest BCUT2D eigenvalue weighted by Gasteiger charge is -2.13. The van der Waals surface area contributed by atoms with Crippen molar-refractivity contribution in [2.24, 2.45) is 0 Å². The molecule has 0 radical (unpaired) electrons. The second-order valence-electron chi connectivity index (χ2n) is 3.48. The van der Waals surface area contributed by atoms with Crippen LogP contribution in [-0.4, -0.2) is 0 Å². The molecule has 1 aromatic heterocycles. The van der Waals surface area contributed by atoms with Crippen molar-refractivity contribution in [3.05, 3.63) is 46.3 Å². The summed E-state index contributed by atoms with van der Waals surface area (Å²) in [5, 5.41) is 1.36. The van der Waals surface area contributed by atoms with E-state index in [2.05, 4.69) is 0 Å². The van der Waals surface area contributed by atoms with Gasteiger partial charge in [0.2, 0.25) is 0 Å². The Morgan fingerprint density at radius 3 is 1.74 bits per heavy atom. The van der Waals surface area contributed by atoms with E-state index in [0.29, 0.717) is 0 Å². The van der Waals surface area contributed by atoms with E-state index in [9.17, 15) is 30.7 Å². The van der Waals surface area contributed by atoms with E-state index in [4.69, 9.17) is 0 Å². The molecule has 0 atom stereocenters. The smallest absolute Gasteiger partial charge is 0.203 e. The van der Waals surface area contributed by atoms with Crippen LogP contribution in [0.1, 0.15) is 5.56 Å². The molecule has 0 aliphatic heterocycles. The summed E-state index contributed by atoms with van der Waals surface area (Å²) in [6.07, 6.45) is -5.52. The zero-order valence-electron chi connectivity index (χ0n) is 8.79. The van der Waals surface area contributed by atoms with E-state index in [1.54, 1.807) is 0 Å². The Balaban J connectivity index is 2.82. The van der Waals surface area contributed by atoms with Crippen molar-refractivity contribution in [3.63, 3.8) is 0 Å². The molecule has 102 valence electrons. The Morgan fingerprint density at radius 1 is 0.842 bits per heavy atom. The molecule has 2 rings (SSSR count). The zero-order valence-corrected chi connectivity index (χ0v) is 9.60. The van der Waals surface area contributed by atoms with E-state index in [-0.39, 0.29) is 4.88 Å². The Hall–Kier alpha value is -1.57. The molecule has 0 fully saturated rings. The van der Waals surface area contributed by atoms with Crippen molar-refractivity contribution >= 4 is 11.3 Å². The maximum Gasteiger partial charge on any atom is 0.422 e. The molecule has 0 N–H and O–H groups in total. The summed E-state index contributed by atoms with van der Waals surface area (Å²) < 4.78 is 90.6. The highest BCUT2D eigenvalue weighted by atomic mass is 32.1. The van der Waals surface area contributed by atoms with Gasteiger partial charge in [0.1, 0.15) is 5.56 Å². The monoisotopic (exact) mass is 300 g/mol. The summed E-state index contributed by atoms with van der Waals surface area (Å²) >= 11 is 0.741. The lowest BCUT2D eigenvalue weighted by atomic mass is 10.1.